The summed E-state index contributed by atoms with van der Waals surface area (Å²) in [6.07, 6.45) is 4.11. The van der Waals surface area contributed by atoms with E-state index in [1.54, 1.807) is 19.1 Å². The topological polar surface area (TPSA) is 80.5 Å². The number of allylic oxidation sites excluding steroid dienone is 3. The minimum Gasteiger partial charge on any atom is -0.274 e. The molecule has 2 amide bonds. The highest BCUT2D eigenvalue weighted by molar-refractivity contribution is 6.23. The minimum atomic E-state index is -0.504. The Morgan fingerprint density at radius 2 is 1.31 bits per heavy atom. The summed E-state index contributed by atoms with van der Waals surface area (Å²) in [5.74, 6) is -1.96. The van der Waals surface area contributed by atoms with Crippen molar-refractivity contribution in [2.24, 2.45) is 23.7 Å². The molecule has 35 heavy (non-hydrogen) atoms. The molecule has 0 radical (unpaired) electrons. The Hall–Kier alpha value is -4.32. The lowest BCUT2D eigenvalue weighted by molar-refractivity contribution is -0.385. The number of benzene rings is 3. The maximum atomic E-state index is 13.7. The third-order valence-corrected chi connectivity index (χ3v) is 7.48. The van der Waals surface area contributed by atoms with E-state index in [1.807, 2.05) is 36.4 Å². The Morgan fingerprint density at radius 1 is 0.800 bits per heavy atom. The highest BCUT2D eigenvalue weighted by Crippen LogP contribution is 2.59. The molecule has 1 saturated carbocycles. The second kappa shape index (κ2) is 7.87. The summed E-state index contributed by atoms with van der Waals surface area (Å²) in [6, 6.07) is 24.7. The lowest BCUT2D eigenvalue weighted by Gasteiger charge is -2.21. The second-order valence-corrected chi connectivity index (χ2v) is 9.29. The highest BCUT2D eigenvalue weighted by atomic mass is 16.6. The molecule has 3 aliphatic rings. The fourth-order valence-electron chi connectivity index (χ4n) is 5.99. The Bertz CT molecular complexity index is 1370. The molecule has 1 aliphatic heterocycles. The maximum Gasteiger partial charge on any atom is 0.274 e. The van der Waals surface area contributed by atoms with Gasteiger partial charge in [0.25, 0.3) is 5.69 Å². The molecule has 172 valence electrons. The lowest BCUT2D eigenvalue weighted by Crippen LogP contribution is -2.33. The van der Waals surface area contributed by atoms with Gasteiger partial charge in [0.05, 0.1) is 22.4 Å². The van der Waals surface area contributed by atoms with Gasteiger partial charge in [-0.05, 0) is 35.3 Å². The van der Waals surface area contributed by atoms with Crippen LogP contribution in [0.2, 0.25) is 0 Å². The Morgan fingerprint density at radius 3 is 1.80 bits per heavy atom. The average molecular weight is 463 g/mol. The van der Waals surface area contributed by atoms with Gasteiger partial charge in [-0.15, -0.1) is 0 Å². The minimum absolute atomic E-state index is 0.0997. The normalized spacial score (nSPS) is 24.3. The molecule has 0 aromatic heterocycles. The number of imide groups is 1. The van der Waals surface area contributed by atoms with Crippen molar-refractivity contribution in [3.05, 3.63) is 123 Å². The number of rotatable bonds is 4. The van der Waals surface area contributed by atoms with Crippen LogP contribution < -0.4 is 4.90 Å². The number of amides is 2. The largest absolute Gasteiger partial charge is 0.274 e. The number of hydrogen-bond acceptors (Lipinski definition) is 4. The van der Waals surface area contributed by atoms with Gasteiger partial charge in [0.2, 0.25) is 11.8 Å². The van der Waals surface area contributed by atoms with E-state index in [0.717, 1.165) is 27.2 Å². The number of carbonyl (C=O) groups excluding carboxylic acids is 2. The lowest BCUT2D eigenvalue weighted by atomic mass is 9.85. The monoisotopic (exact) mass is 462 g/mol. The van der Waals surface area contributed by atoms with Crippen molar-refractivity contribution in [3.8, 4) is 0 Å². The van der Waals surface area contributed by atoms with E-state index in [9.17, 15) is 19.7 Å². The van der Waals surface area contributed by atoms with Crippen molar-refractivity contribution < 1.29 is 14.5 Å². The Labute approximate surface area is 202 Å². The molecular weight excluding hydrogens is 440 g/mol. The first-order chi connectivity index (χ1) is 17.0. The van der Waals surface area contributed by atoms with E-state index < -0.39 is 16.8 Å². The van der Waals surface area contributed by atoms with E-state index in [1.165, 1.54) is 6.07 Å². The Balaban J connectivity index is 1.46. The summed E-state index contributed by atoms with van der Waals surface area (Å²) in [5.41, 5.74) is 4.93. The standard InChI is InChI=1S/C29H22N2O4/c1-17-12-13-20(16-23(17)31(34)35)30-28(32)26-21-14-15-22(27(26)29(30)33)25(21)24(18-8-4-2-5-9-18)19-10-6-3-7-11-19/h2-16,21-22,26-27H,1H3/t21-,22-,26-,27-/m0/s1. The number of nitrogens with zero attached hydrogens (tertiary/aromatic N) is 2. The number of aryl methyl sites for hydroxylation is 1. The van der Waals surface area contributed by atoms with Crippen LogP contribution in [0.5, 0.6) is 0 Å². The number of nitro groups is 1. The number of anilines is 1. The molecule has 0 N–H and O–H groups in total. The number of nitro benzene ring substituents is 1. The molecule has 3 aromatic rings. The zero-order chi connectivity index (χ0) is 24.3. The van der Waals surface area contributed by atoms with Crippen LogP contribution in [0.1, 0.15) is 16.7 Å². The summed E-state index contributed by atoms with van der Waals surface area (Å²) in [4.78, 5) is 39.5. The molecule has 6 heteroatoms. The molecule has 1 heterocycles. The fourth-order valence-corrected chi connectivity index (χ4v) is 5.99. The van der Waals surface area contributed by atoms with Crippen molar-refractivity contribution in [1.29, 1.82) is 0 Å². The van der Waals surface area contributed by atoms with Gasteiger partial charge >= 0.3 is 0 Å². The molecule has 4 atom stereocenters. The molecule has 3 aromatic carbocycles. The Kier molecular flexibility index (Phi) is 4.78. The van der Waals surface area contributed by atoms with Crippen molar-refractivity contribution in [3.63, 3.8) is 0 Å². The maximum absolute atomic E-state index is 13.7. The van der Waals surface area contributed by atoms with Gasteiger partial charge in [0.1, 0.15) is 0 Å². The van der Waals surface area contributed by atoms with Gasteiger partial charge in [0.15, 0.2) is 0 Å². The summed E-state index contributed by atoms with van der Waals surface area (Å²) >= 11 is 0. The summed E-state index contributed by atoms with van der Waals surface area (Å²) in [7, 11) is 0. The summed E-state index contributed by atoms with van der Waals surface area (Å²) in [6.45, 7) is 1.64. The van der Waals surface area contributed by atoms with Crippen molar-refractivity contribution in [2.75, 3.05) is 4.90 Å². The summed E-state index contributed by atoms with van der Waals surface area (Å²) in [5, 5.41) is 11.5. The molecule has 2 bridgehead atoms. The zero-order valence-electron chi connectivity index (χ0n) is 19.0. The smallest absolute Gasteiger partial charge is 0.274 e. The van der Waals surface area contributed by atoms with E-state index in [-0.39, 0.29) is 35.0 Å². The van der Waals surface area contributed by atoms with E-state index in [0.29, 0.717) is 5.56 Å². The summed E-state index contributed by atoms with van der Waals surface area (Å²) < 4.78 is 0. The first-order valence-corrected chi connectivity index (χ1v) is 11.6. The number of hydrogen-bond donors (Lipinski definition) is 0. The molecule has 2 aliphatic carbocycles. The highest BCUT2D eigenvalue weighted by Gasteiger charge is 2.62. The molecule has 6 rings (SSSR count). The van der Waals surface area contributed by atoms with Gasteiger partial charge in [0, 0.05) is 23.5 Å². The first kappa shape index (κ1) is 21.2. The fraction of sp³-hybridized carbons (Fsp3) is 0.172. The van der Waals surface area contributed by atoms with Crippen LogP contribution in [0.15, 0.2) is 96.6 Å². The van der Waals surface area contributed by atoms with Crippen LogP contribution in [0, 0.1) is 40.7 Å². The van der Waals surface area contributed by atoms with Gasteiger partial charge in [-0.3, -0.25) is 19.7 Å². The molecule has 0 spiro atoms. The molecular formula is C29H22N2O4. The zero-order valence-corrected chi connectivity index (χ0v) is 19.0. The van der Waals surface area contributed by atoms with E-state index in [2.05, 4.69) is 36.4 Å². The van der Waals surface area contributed by atoms with Gasteiger partial charge in [-0.25, -0.2) is 4.90 Å². The van der Waals surface area contributed by atoms with Crippen LogP contribution in [0.3, 0.4) is 0 Å². The van der Waals surface area contributed by atoms with Crippen LogP contribution in [0.4, 0.5) is 11.4 Å². The van der Waals surface area contributed by atoms with E-state index in [4.69, 9.17) is 0 Å². The van der Waals surface area contributed by atoms with Crippen molar-refractivity contribution in [1.82, 2.24) is 0 Å². The molecule has 2 fully saturated rings. The van der Waals surface area contributed by atoms with Crippen molar-refractivity contribution in [2.45, 2.75) is 6.92 Å². The third-order valence-electron chi connectivity index (χ3n) is 7.48. The quantitative estimate of drug-likeness (QED) is 0.227. The SMILES string of the molecule is Cc1ccc(N2C(=O)[C@@H]3[C@@H](C2=O)[C@H]2C=C[C@H]3C2=C(c2ccccc2)c2ccccc2)cc1[N+](=O)[O-]. The first-order valence-electron chi connectivity index (χ1n) is 11.6. The van der Waals surface area contributed by atoms with Gasteiger partial charge in [-0.1, -0.05) is 78.9 Å². The average Bonchev–Trinajstić information content (AvgIpc) is 3.50. The molecule has 0 unspecified atom stereocenters. The predicted molar refractivity (Wildman–Crippen MR) is 132 cm³/mol. The van der Waals surface area contributed by atoms with E-state index >= 15 is 0 Å². The number of fused-ring (bicyclic) bond motifs is 5. The second-order valence-electron chi connectivity index (χ2n) is 9.29. The predicted octanol–water partition coefficient (Wildman–Crippen LogP) is 5.33. The van der Waals surface area contributed by atoms with Crippen LogP contribution in [-0.4, -0.2) is 16.7 Å². The van der Waals surface area contributed by atoms with Gasteiger partial charge in [-0.2, -0.15) is 0 Å². The number of carbonyl (C=O) groups is 2. The molecule has 6 nitrogen and oxygen atoms in total. The van der Waals surface area contributed by atoms with Crippen LogP contribution in [-0.2, 0) is 9.59 Å². The van der Waals surface area contributed by atoms with Gasteiger partial charge < -0.3 is 0 Å². The van der Waals surface area contributed by atoms with Crippen LogP contribution in [0.25, 0.3) is 5.57 Å². The molecule has 1 saturated heterocycles. The van der Waals surface area contributed by atoms with Crippen molar-refractivity contribution >= 4 is 28.8 Å². The van der Waals surface area contributed by atoms with Crippen LogP contribution >= 0.6 is 0 Å². The third kappa shape index (κ3) is 3.10.